The minimum absolute atomic E-state index is 0.0433. The molecule has 0 radical (unpaired) electrons. The van der Waals surface area contributed by atoms with Crippen LogP contribution < -0.4 is 0 Å². The smallest absolute Gasteiger partial charge is 0.224 e. The SMILES string of the molecule is O=S(=O)(Cl)Cc1cccc2c1CCS2(=O)=O. The first-order valence-corrected chi connectivity index (χ1v) is 8.68. The van der Waals surface area contributed by atoms with Crippen LogP contribution in [-0.4, -0.2) is 22.6 Å². The predicted molar refractivity (Wildman–Crippen MR) is 60.7 cm³/mol. The van der Waals surface area contributed by atoms with Crippen molar-refractivity contribution in [3.63, 3.8) is 0 Å². The predicted octanol–water partition coefficient (Wildman–Crippen LogP) is 1.09. The van der Waals surface area contributed by atoms with Crippen molar-refractivity contribution in [1.29, 1.82) is 0 Å². The van der Waals surface area contributed by atoms with Gasteiger partial charge in [-0.15, -0.1) is 0 Å². The summed E-state index contributed by atoms with van der Waals surface area (Å²) in [5, 5.41) is 0. The number of benzene rings is 1. The molecule has 2 rings (SSSR count). The molecular weight excluding hydrogens is 272 g/mol. The molecule has 0 saturated heterocycles. The highest BCUT2D eigenvalue weighted by molar-refractivity contribution is 8.13. The van der Waals surface area contributed by atoms with Crippen LogP contribution in [0.5, 0.6) is 0 Å². The van der Waals surface area contributed by atoms with Gasteiger partial charge in [0, 0.05) is 10.7 Å². The van der Waals surface area contributed by atoms with Gasteiger partial charge in [-0.1, -0.05) is 12.1 Å². The van der Waals surface area contributed by atoms with Gasteiger partial charge in [0.05, 0.1) is 16.4 Å². The van der Waals surface area contributed by atoms with E-state index in [1.165, 1.54) is 6.07 Å². The summed E-state index contributed by atoms with van der Waals surface area (Å²) in [4.78, 5) is 0.241. The molecule has 0 fully saturated rings. The summed E-state index contributed by atoms with van der Waals surface area (Å²) < 4.78 is 45.1. The fourth-order valence-corrected chi connectivity index (χ4v) is 4.44. The van der Waals surface area contributed by atoms with Gasteiger partial charge in [-0.2, -0.15) is 0 Å². The van der Waals surface area contributed by atoms with Crippen LogP contribution in [0.25, 0.3) is 0 Å². The summed E-state index contributed by atoms with van der Waals surface area (Å²) >= 11 is 0. The van der Waals surface area contributed by atoms with Crippen LogP contribution >= 0.6 is 10.7 Å². The third-order valence-corrected chi connectivity index (χ3v) is 5.29. The second kappa shape index (κ2) is 3.72. The third-order valence-electron chi connectivity index (χ3n) is 2.51. The molecular formula is C9H9ClO4S2. The molecule has 88 valence electrons. The molecule has 0 aromatic heterocycles. The molecule has 4 nitrogen and oxygen atoms in total. The van der Waals surface area contributed by atoms with Crippen LogP contribution in [0.2, 0.25) is 0 Å². The molecule has 0 atom stereocenters. The van der Waals surface area contributed by atoms with E-state index in [0.29, 0.717) is 17.5 Å². The van der Waals surface area contributed by atoms with Crippen molar-refractivity contribution in [3.8, 4) is 0 Å². The Morgan fingerprint density at radius 3 is 2.62 bits per heavy atom. The number of hydrogen-bond acceptors (Lipinski definition) is 4. The van der Waals surface area contributed by atoms with Gasteiger partial charge in [0.2, 0.25) is 9.05 Å². The quantitative estimate of drug-likeness (QED) is 0.761. The minimum Gasteiger partial charge on any atom is -0.224 e. The van der Waals surface area contributed by atoms with Gasteiger partial charge >= 0.3 is 0 Å². The highest BCUT2D eigenvalue weighted by Crippen LogP contribution is 2.29. The first-order chi connectivity index (χ1) is 7.30. The number of rotatable bonds is 2. The zero-order chi connectivity index (χ0) is 12.0. The first kappa shape index (κ1) is 11.9. The summed E-state index contributed by atoms with van der Waals surface area (Å²) in [5.74, 6) is -0.283. The Hall–Kier alpha value is -0.590. The lowest BCUT2D eigenvalue weighted by Gasteiger charge is -2.04. The van der Waals surface area contributed by atoms with Gasteiger partial charge in [0.1, 0.15) is 0 Å². The summed E-state index contributed by atoms with van der Waals surface area (Å²) in [6.07, 6.45) is 0.361. The molecule has 0 aliphatic carbocycles. The maximum absolute atomic E-state index is 11.6. The Bertz CT molecular complexity index is 631. The number of halogens is 1. The minimum atomic E-state index is -3.66. The Balaban J connectivity index is 2.57. The lowest BCUT2D eigenvalue weighted by atomic mass is 10.1. The van der Waals surface area contributed by atoms with E-state index in [0.717, 1.165) is 0 Å². The molecule has 0 unspecified atom stereocenters. The van der Waals surface area contributed by atoms with E-state index in [-0.39, 0.29) is 16.4 Å². The molecule has 1 aliphatic heterocycles. The Labute approximate surface area is 98.6 Å². The van der Waals surface area contributed by atoms with Crippen LogP contribution in [0.1, 0.15) is 11.1 Å². The van der Waals surface area contributed by atoms with E-state index in [9.17, 15) is 16.8 Å². The highest BCUT2D eigenvalue weighted by atomic mass is 35.7. The first-order valence-electron chi connectivity index (χ1n) is 4.55. The summed E-state index contributed by atoms with van der Waals surface area (Å²) in [6, 6.07) is 4.64. The molecule has 0 saturated carbocycles. The maximum Gasteiger partial charge on any atom is 0.236 e. The Kier molecular flexibility index (Phi) is 2.76. The zero-order valence-electron chi connectivity index (χ0n) is 8.18. The molecule has 1 heterocycles. The number of sulfone groups is 1. The van der Waals surface area contributed by atoms with Crippen LogP contribution in [0, 0.1) is 0 Å². The fraction of sp³-hybridized carbons (Fsp3) is 0.333. The largest absolute Gasteiger partial charge is 0.236 e. The van der Waals surface area contributed by atoms with Gasteiger partial charge in [0.15, 0.2) is 9.84 Å². The van der Waals surface area contributed by atoms with E-state index in [1.54, 1.807) is 12.1 Å². The molecule has 1 aliphatic rings. The van der Waals surface area contributed by atoms with Gasteiger partial charge in [-0.05, 0) is 23.6 Å². The highest BCUT2D eigenvalue weighted by Gasteiger charge is 2.28. The number of fused-ring (bicyclic) bond motifs is 1. The molecule has 7 heteroatoms. The van der Waals surface area contributed by atoms with E-state index >= 15 is 0 Å². The third kappa shape index (κ3) is 2.23. The normalized spacial score (nSPS) is 18.3. The fourth-order valence-electron chi connectivity index (χ4n) is 1.85. The van der Waals surface area contributed by atoms with Crippen molar-refractivity contribution in [1.82, 2.24) is 0 Å². The van der Waals surface area contributed by atoms with Crippen LogP contribution in [0.3, 0.4) is 0 Å². The van der Waals surface area contributed by atoms with Gasteiger partial charge in [-0.25, -0.2) is 16.8 Å². The molecule has 16 heavy (non-hydrogen) atoms. The van der Waals surface area contributed by atoms with E-state index in [1.807, 2.05) is 0 Å². The number of hydrogen-bond donors (Lipinski definition) is 0. The second-order valence-electron chi connectivity index (χ2n) is 3.65. The van der Waals surface area contributed by atoms with Crippen molar-refractivity contribution in [3.05, 3.63) is 29.3 Å². The standard InChI is InChI=1S/C9H9ClO4S2/c10-16(13,14)6-7-2-1-3-9-8(7)4-5-15(9,11)12/h1-3H,4-6H2. The lowest BCUT2D eigenvalue weighted by Crippen LogP contribution is -2.00. The van der Waals surface area contributed by atoms with Crippen molar-refractivity contribution < 1.29 is 16.8 Å². The van der Waals surface area contributed by atoms with E-state index in [4.69, 9.17) is 10.7 Å². The van der Waals surface area contributed by atoms with Crippen LogP contribution in [-0.2, 0) is 31.1 Å². The average molecular weight is 281 g/mol. The Morgan fingerprint density at radius 1 is 1.31 bits per heavy atom. The van der Waals surface area contributed by atoms with Crippen LogP contribution in [0.4, 0.5) is 0 Å². The lowest BCUT2D eigenvalue weighted by molar-refractivity contribution is 0.599. The monoisotopic (exact) mass is 280 g/mol. The van der Waals surface area contributed by atoms with Gasteiger partial charge < -0.3 is 0 Å². The van der Waals surface area contributed by atoms with Crippen molar-refractivity contribution in [2.24, 2.45) is 0 Å². The van der Waals surface area contributed by atoms with Crippen molar-refractivity contribution in [2.75, 3.05) is 5.75 Å². The molecule has 0 N–H and O–H groups in total. The molecule has 1 aromatic rings. The van der Waals surface area contributed by atoms with E-state index in [2.05, 4.69) is 0 Å². The van der Waals surface area contributed by atoms with Crippen molar-refractivity contribution in [2.45, 2.75) is 17.1 Å². The summed E-state index contributed by atoms with van der Waals surface area (Å²) in [7, 11) is -1.72. The zero-order valence-corrected chi connectivity index (χ0v) is 10.6. The van der Waals surface area contributed by atoms with Crippen molar-refractivity contribution >= 4 is 29.6 Å². The molecule has 0 bridgehead atoms. The summed E-state index contributed by atoms with van der Waals surface area (Å²) in [6.45, 7) is 0. The topological polar surface area (TPSA) is 68.3 Å². The molecule has 0 spiro atoms. The Morgan fingerprint density at radius 2 is 2.00 bits per heavy atom. The molecule has 1 aromatic carbocycles. The summed E-state index contributed by atoms with van der Waals surface area (Å²) in [5.41, 5.74) is 1.07. The van der Waals surface area contributed by atoms with E-state index < -0.39 is 18.9 Å². The van der Waals surface area contributed by atoms with Gasteiger partial charge in [-0.3, -0.25) is 0 Å². The van der Waals surface area contributed by atoms with Crippen LogP contribution in [0.15, 0.2) is 23.1 Å². The molecule has 0 amide bonds. The van der Waals surface area contributed by atoms with Gasteiger partial charge in [0.25, 0.3) is 0 Å². The maximum atomic E-state index is 11.6. The average Bonchev–Trinajstić information content (AvgIpc) is 2.41. The second-order valence-corrected chi connectivity index (χ2v) is 8.50.